The smallest absolute Gasteiger partial charge is 0.408 e. The average Bonchev–Trinajstić information content (AvgIpc) is 2.91. The predicted octanol–water partition coefficient (Wildman–Crippen LogP) is 4.27. The van der Waals surface area contributed by atoms with Crippen LogP contribution < -0.4 is 10.6 Å². The van der Waals surface area contributed by atoms with Crippen LogP contribution in [-0.4, -0.2) is 64.7 Å². The molecular weight excluding hydrogens is 526 g/mol. The van der Waals surface area contributed by atoms with E-state index in [1.165, 1.54) is 17.0 Å². The van der Waals surface area contributed by atoms with Gasteiger partial charge in [0.1, 0.15) is 23.4 Å². The van der Waals surface area contributed by atoms with Crippen molar-refractivity contribution in [1.29, 1.82) is 0 Å². The maximum absolute atomic E-state index is 14.4. The van der Waals surface area contributed by atoms with Gasteiger partial charge in [-0.1, -0.05) is 49.4 Å². The lowest BCUT2D eigenvalue weighted by molar-refractivity contribution is -0.146. The van der Waals surface area contributed by atoms with Crippen molar-refractivity contribution in [2.45, 2.75) is 84.5 Å². The number of hydrogen-bond donors (Lipinski definition) is 3. The first-order chi connectivity index (χ1) is 19.4. The van der Waals surface area contributed by atoms with Crippen LogP contribution in [0.2, 0.25) is 0 Å². The van der Waals surface area contributed by atoms with Crippen molar-refractivity contribution >= 4 is 23.9 Å². The number of nitrogens with one attached hydrogen (secondary N) is 2. The third-order valence-corrected chi connectivity index (χ3v) is 6.26. The van der Waals surface area contributed by atoms with Gasteiger partial charge in [-0.3, -0.25) is 14.4 Å². The zero-order valence-corrected chi connectivity index (χ0v) is 24.8. The van der Waals surface area contributed by atoms with Crippen LogP contribution in [0.25, 0.3) is 0 Å². The van der Waals surface area contributed by atoms with Gasteiger partial charge in [0.15, 0.2) is 0 Å². The van der Waals surface area contributed by atoms with E-state index in [2.05, 4.69) is 10.6 Å². The zero-order chi connectivity index (χ0) is 30.6. The Hall–Kier alpha value is -4.08. The topological polar surface area (TPSA) is 134 Å². The van der Waals surface area contributed by atoms with Gasteiger partial charge in [0.2, 0.25) is 11.8 Å². The largest absolute Gasteiger partial charge is 0.508 e. The Labute approximate surface area is 242 Å². The Morgan fingerprint density at radius 2 is 1.61 bits per heavy atom. The van der Waals surface area contributed by atoms with E-state index in [1.54, 1.807) is 64.1 Å². The lowest BCUT2D eigenvalue weighted by atomic mass is 9.98. The third kappa shape index (κ3) is 10.8. The number of rotatable bonds is 13. The van der Waals surface area contributed by atoms with E-state index >= 15 is 0 Å². The van der Waals surface area contributed by atoms with Crippen LogP contribution in [0.5, 0.6) is 5.75 Å². The summed E-state index contributed by atoms with van der Waals surface area (Å²) >= 11 is 0. The lowest BCUT2D eigenvalue weighted by Crippen LogP contribution is -2.56. The van der Waals surface area contributed by atoms with E-state index < -0.39 is 47.6 Å². The van der Waals surface area contributed by atoms with Gasteiger partial charge >= 0.3 is 12.1 Å². The average molecular weight is 570 g/mol. The summed E-state index contributed by atoms with van der Waals surface area (Å²) in [6.07, 6.45) is -0.156. The Morgan fingerprint density at radius 1 is 0.976 bits per heavy atom. The molecule has 0 aliphatic carbocycles. The minimum absolute atomic E-state index is 0.0119. The second-order valence-corrected chi connectivity index (χ2v) is 10.7. The summed E-state index contributed by atoms with van der Waals surface area (Å²) in [6, 6.07) is 12.7. The Bertz CT molecular complexity index is 1150. The summed E-state index contributed by atoms with van der Waals surface area (Å²) in [6.45, 7) is 10.9. The van der Waals surface area contributed by atoms with E-state index in [1.807, 2.05) is 19.9 Å². The fourth-order valence-corrected chi connectivity index (χ4v) is 4.18. The molecule has 10 nitrogen and oxygen atoms in total. The number of phenolic OH excluding ortho intramolecular Hbond substituents is 1. The number of carbonyl (C=O) groups is 4. The second kappa shape index (κ2) is 15.6. The van der Waals surface area contributed by atoms with Gasteiger partial charge in [0, 0.05) is 19.0 Å². The highest BCUT2D eigenvalue weighted by molar-refractivity contribution is 5.92. The Kier molecular flexibility index (Phi) is 12.6. The molecule has 0 radical (unpaired) electrons. The normalized spacial score (nSPS) is 13.3. The number of esters is 1. The minimum Gasteiger partial charge on any atom is -0.508 e. The molecule has 0 heterocycles. The van der Waals surface area contributed by atoms with Gasteiger partial charge in [-0.05, 0) is 64.3 Å². The highest BCUT2D eigenvalue weighted by Gasteiger charge is 2.38. The highest BCUT2D eigenvalue weighted by atomic mass is 16.6. The summed E-state index contributed by atoms with van der Waals surface area (Å²) in [4.78, 5) is 54.2. The van der Waals surface area contributed by atoms with Crippen LogP contribution >= 0.6 is 0 Å². The maximum atomic E-state index is 14.4. The van der Waals surface area contributed by atoms with Gasteiger partial charge in [-0.2, -0.15) is 0 Å². The maximum Gasteiger partial charge on any atom is 0.408 e. The summed E-state index contributed by atoms with van der Waals surface area (Å²) < 4.78 is 10.4. The molecule has 3 N–H and O–H groups in total. The molecule has 3 unspecified atom stereocenters. The number of benzene rings is 2. The van der Waals surface area contributed by atoms with Crippen LogP contribution in [0.3, 0.4) is 0 Å². The van der Waals surface area contributed by atoms with Crippen LogP contribution in [0.4, 0.5) is 4.79 Å². The molecular formula is C31H43N3O7. The van der Waals surface area contributed by atoms with Crippen molar-refractivity contribution in [3.8, 4) is 5.75 Å². The molecule has 0 aliphatic rings. The molecule has 0 saturated heterocycles. The van der Waals surface area contributed by atoms with Gasteiger partial charge in [0.05, 0.1) is 13.0 Å². The van der Waals surface area contributed by atoms with Gasteiger partial charge in [0.25, 0.3) is 0 Å². The summed E-state index contributed by atoms with van der Waals surface area (Å²) in [5.74, 6) is -1.31. The summed E-state index contributed by atoms with van der Waals surface area (Å²) in [5, 5.41) is 15.2. The number of alkyl carbamates (subject to hydrolysis) is 1. The van der Waals surface area contributed by atoms with Crippen molar-refractivity contribution in [3.63, 3.8) is 0 Å². The van der Waals surface area contributed by atoms with Crippen LogP contribution in [0, 0.1) is 0 Å². The number of ether oxygens (including phenoxy) is 2. The van der Waals surface area contributed by atoms with E-state index in [-0.39, 0.29) is 31.7 Å². The monoisotopic (exact) mass is 569 g/mol. The molecule has 0 fully saturated rings. The SMILES string of the molecule is CCOC(=O)CCNC(=O)C(c1ccccc1)N(C(=O)C(Cc1ccc(O)cc1)NC(=O)OC(C)(C)C)C(C)CC. The fourth-order valence-electron chi connectivity index (χ4n) is 4.18. The molecule has 0 saturated carbocycles. The molecule has 2 aromatic rings. The number of phenols is 1. The molecule has 0 aromatic heterocycles. The van der Waals surface area contributed by atoms with Crippen LogP contribution in [-0.2, 0) is 30.3 Å². The molecule has 0 spiro atoms. The van der Waals surface area contributed by atoms with Gasteiger partial charge in [-0.25, -0.2) is 4.79 Å². The Balaban J connectivity index is 2.48. The molecule has 3 atom stereocenters. The Morgan fingerprint density at radius 3 is 2.17 bits per heavy atom. The van der Waals surface area contributed by atoms with Crippen molar-refractivity contribution < 1.29 is 33.8 Å². The van der Waals surface area contributed by atoms with Crippen molar-refractivity contribution in [2.75, 3.05) is 13.2 Å². The first kappa shape index (κ1) is 33.1. The van der Waals surface area contributed by atoms with E-state index in [0.717, 1.165) is 0 Å². The number of amides is 3. The molecule has 10 heteroatoms. The number of carbonyl (C=O) groups excluding carboxylic acids is 4. The molecule has 2 aromatic carbocycles. The molecule has 0 bridgehead atoms. The highest BCUT2D eigenvalue weighted by Crippen LogP contribution is 2.27. The quantitative estimate of drug-likeness (QED) is 0.307. The van der Waals surface area contributed by atoms with Crippen molar-refractivity contribution in [1.82, 2.24) is 15.5 Å². The minimum atomic E-state index is -1.08. The zero-order valence-electron chi connectivity index (χ0n) is 24.8. The van der Waals surface area contributed by atoms with Gasteiger partial charge in [-0.15, -0.1) is 0 Å². The predicted molar refractivity (Wildman–Crippen MR) is 155 cm³/mol. The first-order valence-corrected chi connectivity index (χ1v) is 13.9. The van der Waals surface area contributed by atoms with E-state index in [9.17, 15) is 24.3 Å². The van der Waals surface area contributed by atoms with Crippen molar-refractivity contribution in [3.05, 3.63) is 65.7 Å². The molecule has 224 valence electrons. The number of hydrogen-bond acceptors (Lipinski definition) is 7. The second-order valence-electron chi connectivity index (χ2n) is 10.7. The summed E-state index contributed by atoms with van der Waals surface area (Å²) in [7, 11) is 0. The number of aromatic hydroxyl groups is 1. The van der Waals surface area contributed by atoms with Crippen LogP contribution in [0.15, 0.2) is 54.6 Å². The molecule has 0 aliphatic heterocycles. The fraction of sp³-hybridized carbons (Fsp3) is 0.484. The standard InChI is InChI=1S/C31H43N3O7/c1-7-21(3)34(27(23-12-10-9-11-13-23)28(37)32-19-18-26(36)40-8-2)29(38)25(33-30(39)41-31(4,5)6)20-22-14-16-24(35)17-15-22/h9-17,21,25,27,35H,7-8,18-20H2,1-6H3,(H,32,37)(H,33,39). The van der Waals surface area contributed by atoms with Crippen LogP contribution in [0.1, 0.15) is 71.6 Å². The van der Waals surface area contributed by atoms with E-state index in [4.69, 9.17) is 9.47 Å². The summed E-state index contributed by atoms with van der Waals surface area (Å²) in [5.41, 5.74) is 0.477. The third-order valence-electron chi connectivity index (χ3n) is 6.26. The molecule has 3 amide bonds. The first-order valence-electron chi connectivity index (χ1n) is 13.9. The molecule has 41 heavy (non-hydrogen) atoms. The molecule has 2 rings (SSSR count). The van der Waals surface area contributed by atoms with E-state index in [0.29, 0.717) is 17.5 Å². The van der Waals surface area contributed by atoms with Gasteiger partial charge < -0.3 is 30.1 Å². The van der Waals surface area contributed by atoms with Crippen molar-refractivity contribution in [2.24, 2.45) is 0 Å². The number of nitrogens with zero attached hydrogens (tertiary/aromatic N) is 1. The lowest BCUT2D eigenvalue weighted by Gasteiger charge is -2.38.